The highest BCUT2D eigenvalue weighted by Gasteiger charge is 2.32. The van der Waals surface area contributed by atoms with Crippen LogP contribution >= 0.6 is 0 Å². The second-order valence-corrected chi connectivity index (χ2v) is 10.2. The van der Waals surface area contributed by atoms with Crippen molar-refractivity contribution >= 4 is 10.9 Å². The van der Waals surface area contributed by atoms with Gasteiger partial charge in [0, 0.05) is 25.3 Å². The zero-order valence-electron chi connectivity index (χ0n) is 21.4. The fourth-order valence-electron chi connectivity index (χ4n) is 4.84. The number of aromatic amines is 1. The van der Waals surface area contributed by atoms with Gasteiger partial charge in [0.25, 0.3) is 5.56 Å². The first kappa shape index (κ1) is 24.5. The summed E-state index contributed by atoms with van der Waals surface area (Å²) in [6.45, 7) is 14.8. The quantitative estimate of drug-likeness (QED) is 0.503. The van der Waals surface area contributed by atoms with Crippen LogP contribution < -0.4 is 5.56 Å². The average molecular weight is 467 g/mol. The van der Waals surface area contributed by atoms with Crippen LogP contribution in [-0.4, -0.2) is 49.3 Å². The summed E-state index contributed by atoms with van der Waals surface area (Å²) in [7, 11) is 0. The van der Waals surface area contributed by atoms with Crippen molar-refractivity contribution in [3.8, 4) is 0 Å². The van der Waals surface area contributed by atoms with Gasteiger partial charge in [-0.3, -0.25) is 9.69 Å². The Balaban J connectivity index is 1.73. The molecule has 1 N–H and O–H groups in total. The van der Waals surface area contributed by atoms with Crippen LogP contribution in [0.1, 0.15) is 81.9 Å². The molecule has 34 heavy (non-hydrogen) atoms. The van der Waals surface area contributed by atoms with Crippen molar-refractivity contribution in [2.24, 2.45) is 0 Å². The maximum absolute atomic E-state index is 13.2. The number of tetrazole rings is 1. The van der Waals surface area contributed by atoms with E-state index in [1.54, 1.807) is 0 Å². The van der Waals surface area contributed by atoms with Crippen molar-refractivity contribution in [3.05, 3.63) is 51.1 Å². The zero-order valence-corrected chi connectivity index (χ0v) is 21.4. The van der Waals surface area contributed by atoms with Gasteiger partial charge < -0.3 is 9.72 Å². The number of aromatic nitrogens is 5. The van der Waals surface area contributed by atoms with Gasteiger partial charge in [0.1, 0.15) is 0 Å². The van der Waals surface area contributed by atoms with E-state index < -0.39 is 0 Å². The average Bonchev–Trinajstić information content (AvgIpc) is 3.51. The molecule has 3 heterocycles. The van der Waals surface area contributed by atoms with Crippen LogP contribution in [0.25, 0.3) is 10.9 Å². The van der Waals surface area contributed by atoms with Crippen LogP contribution in [0.4, 0.5) is 0 Å². The van der Waals surface area contributed by atoms with Crippen LogP contribution in [0.15, 0.2) is 23.0 Å². The molecule has 2 aromatic heterocycles. The van der Waals surface area contributed by atoms with Crippen molar-refractivity contribution < 1.29 is 4.74 Å². The van der Waals surface area contributed by atoms with Gasteiger partial charge in [0.15, 0.2) is 5.82 Å². The van der Waals surface area contributed by atoms with Crippen molar-refractivity contribution in [3.63, 3.8) is 0 Å². The predicted molar refractivity (Wildman–Crippen MR) is 134 cm³/mol. The topological polar surface area (TPSA) is 88.9 Å². The smallest absolute Gasteiger partial charge is 0.252 e. The van der Waals surface area contributed by atoms with E-state index in [-0.39, 0.29) is 23.2 Å². The monoisotopic (exact) mass is 466 g/mol. The molecule has 1 fully saturated rings. The second kappa shape index (κ2) is 9.96. The lowest BCUT2D eigenvalue weighted by atomic mass is 10.0. The fraction of sp³-hybridized carbons (Fsp3) is 0.615. The second-order valence-electron chi connectivity index (χ2n) is 10.2. The van der Waals surface area contributed by atoms with E-state index in [2.05, 4.69) is 79.1 Å². The molecule has 8 nitrogen and oxygen atoms in total. The van der Waals surface area contributed by atoms with Gasteiger partial charge in [-0.1, -0.05) is 26.0 Å². The van der Waals surface area contributed by atoms with Gasteiger partial charge >= 0.3 is 0 Å². The lowest BCUT2D eigenvalue weighted by Crippen LogP contribution is -2.39. The van der Waals surface area contributed by atoms with Crippen LogP contribution in [0.2, 0.25) is 0 Å². The molecule has 8 heteroatoms. The highest BCUT2D eigenvalue weighted by Crippen LogP contribution is 2.30. The maximum atomic E-state index is 13.2. The first-order valence-corrected chi connectivity index (χ1v) is 12.5. The molecule has 1 aromatic carbocycles. The van der Waals surface area contributed by atoms with Crippen LogP contribution in [0, 0.1) is 13.8 Å². The van der Waals surface area contributed by atoms with E-state index >= 15 is 0 Å². The molecule has 0 aliphatic carbocycles. The number of hydrogen-bond donors (Lipinski definition) is 1. The standard InChI is InChI=1S/C26H38N6O2/c1-7-22(24-28-29-30-32(24)26(5,6)8-2)31(16-21-10-9-13-34-21)15-20-14-19-12-11-17(3)18(4)23(19)27-25(20)33/h11-12,14,21-22H,7-10,13,15-16H2,1-6H3,(H,27,33)/t21-,22+/m1/s1. The van der Waals surface area contributed by atoms with Crippen molar-refractivity contribution in [1.82, 2.24) is 30.1 Å². The number of ether oxygens (including phenoxy) is 1. The molecule has 2 atom stereocenters. The minimum absolute atomic E-state index is 0.0279. The fourth-order valence-corrected chi connectivity index (χ4v) is 4.84. The Hall–Kier alpha value is -2.58. The summed E-state index contributed by atoms with van der Waals surface area (Å²) in [6, 6.07) is 6.21. The largest absolute Gasteiger partial charge is 0.377 e. The number of fused-ring (bicyclic) bond motifs is 1. The number of hydrogen-bond acceptors (Lipinski definition) is 6. The molecule has 1 aliphatic heterocycles. The summed E-state index contributed by atoms with van der Waals surface area (Å²) in [5.74, 6) is 0.844. The lowest BCUT2D eigenvalue weighted by molar-refractivity contribution is 0.0475. The number of nitrogens with zero attached hydrogens (tertiary/aromatic N) is 5. The van der Waals surface area contributed by atoms with Crippen molar-refractivity contribution in [2.45, 2.75) is 91.5 Å². The van der Waals surface area contributed by atoms with Crippen molar-refractivity contribution in [2.75, 3.05) is 13.2 Å². The molecule has 0 radical (unpaired) electrons. The van der Waals surface area contributed by atoms with Crippen LogP contribution in [-0.2, 0) is 16.8 Å². The summed E-state index contributed by atoms with van der Waals surface area (Å²) >= 11 is 0. The van der Waals surface area contributed by atoms with E-state index in [1.165, 1.54) is 5.56 Å². The van der Waals surface area contributed by atoms with Gasteiger partial charge in [-0.05, 0) is 86.4 Å². The van der Waals surface area contributed by atoms with Crippen LogP contribution in [0.5, 0.6) is 0 Å². The third-order valence-corrected chi connectivity index (χ3v) is 7.52. The highest BCUT2D eigenvalue weighted by atomic mass is 16.5. The van der Waals surface area contributed by atoms with Crippen molar-refractivity contribution in [1.29, 1.82) is 0 Å². The third kappa shape index (κ3) is 4.79. The Morgan fingerprint density at radius 2 is 2.09 bits per heavy atom. The Kier molecular flexibility index (Phi) is 7.19. The molecule has 4 rings (SSSR count). The molecular formula is C26H38N6O2. The minimum Gasteiger partial charge on any atom is -0.377 e. The maximum Gasteiger partial charge on any atom is 0.252 e. The molecule has 0 bridgehead atoms. The predicted octanol–water partition coefficient (Wildman–Crippen LogP) is 4.41. The van der Waals surface area contributed by atoms with E-state index in [1.807, 2.05) is 10.7 Å². The van der Waals surface area contributed by atoms with E-state index in [0.717, 1.165) is 66.7 Å². The normalized spacial score (nSPS) is 17.7. The summed E-state index contributed by atoms with van der Waals surface area (Å²) in [5, 5.41) is 13.9. The SMILES string of the molecule is CC[C@@H](c1nnnn1C(C)(C)CC)N(Cc1cc2ccc(C)c(C)c2[nH]c1=O)C[C@H]1CCCO1. The summed E-state index contributed by atoms with van der Waals surface area (Å²) < 4.78 is 7.95. The first-order chi connectivity index (χ1) is 16.2. The lowest BCUT2D eigenvalue weighted by Gasteiger charge is -2.34. The molecule has 0 amide bonds. The number of H-pyrrole nitrogens is 1. The number of rotatable bonds is 9. The van der Waals surface area contributed by atoms with Gasteiger partial charge in [-0.2, -0.15) is 0 Å². The third-order valence-electron chi connectivity index (χ3n) is 7.52. The Morgan fingerprint density at radius 1 is 1.29 bits per heavy atom. The number of benzene rings is 1. The number of aryl methyl sites for hydroxylation is 2. The number of pyridine rings is 1. The Morgan fingerprint density at radius 3 is 2.76 bits per heavy atom. The minimum atomic E-state index is -0.197. The molecular weight excluding hydrogens is 428 g/mol. The van der Waals surface area contributed by atoms with Gasteiger partial charge in [-0.25, -0.2) is 4.68 Å². The van der Waals surface area contributed by atoms with Gasteiger partial charge in [0.05, 0.1) is 23.2 Å². The molecule has 0 unspecified atom stereocenters. The Labute approximate surface area is 201 Å². The summed E-state index contributed by atoms with van der Waals surface area (Å²) in [5.41, 5.74) is 3.72. The molecule has 0 spiro atoms. The molecule has 1 saturated heterocycles. The highest BCUT2D eigenvalue weighted by molar-refractivity contribution is 5.83. The molecule has 1 aliphatic rings. The van der Waals surface area contributed by atoms with Crippen LogP contribution in [0.3, 0.4) is 0 Å². The zero-order chi connectivity index (χ0) is 24.5. The van der Waals surface area contributed by atoms with Gasteiger partial charge in [0.2, 0.25) is 0 Å². The van der Waals surface area contributed by atoms with E-state index in [4.69, 9.17) is 4.74 Å². The summed E-state index contributed by atoms with van der Waals surface area (Å²) in [6.07, 6.45) is 4.00. The first-order valence-electron chi connectivity index (χ1n) is 12.5. The summed E-state index contributed by atoms with van der Waals surface area (Å²) in [4.78, 5) is 18.7. The van der Waals surface area contributed by atoms with Gasteiger partial charge in [-0.15, -0.1) is 5.10 Å². The molecule has 3 aromatic rings. The molecule has 0 saturated carbocycles. The molecule has 184 valence electrons. The number of nitrogens with one attached hydrogen (secondary N) is 1. The Bertz CT molecular complexity index is 1190. The van der Waals surface area contributed by atoms with E-state index in [9.17, 15) is 4.79 Å². The van der Waals surface area contributed by atoms with E-state index in [0.29, 0.717) is 6.54 Å².